The molecule has 0 saturated heterocycles. The SMILES string of the molecule is CCCCCCOc1cccc(NC(=O)CNc2cccc(C(=O)N(CC)CC)c2)c1. The van der Waals surface area contributed by atoms with Gasteiger partial charge in [-0.2, -0.15) is 0 Å². The molecule has 6 heteroatoms. The second-order valence-corrected chi connectivity index (χ2v) is 7.40. The summed E-state index contributed by atoms with van der Waals surface area (Å²) in [6.07, 6.45) is 4.62. The highest BCUT2D eigenvalue weighted by atomic mass is 16.5. The van der Waals surface area contributed by atoms with Gasteiger partial charge in [-0.3, -0.25) is 9.59 Å². The van der Waals surface area contributed by atoms with Crippen molar-refractivity contribution in [2.45, 2.75) is 46.5 Å². The first kappa shape index (κ1) is 24.3. The summed E-state index contributed by atoms with van der Waals surface area (Å²) in [7, 11) is 0. The molecular weight excluding hydrogens is 390 g/mol. The summed E-state index contributed by atoms with van der Waals surface area (Å²) < 4.78 is 5.77. The van der Waals surface area contributed by atoms with Crippen LogP contribution in [0, 0.1) is 0 Å². The predicted octanol–water partition coefficient (Wildman–Crippen LogP) is 5.18. The zero-order valence-corrected chi connectivity index (χ0v) is 18.9. The van der Waals surface area contributed by atoms with Crippen LogP contribution >= 0.6 is 0 Å². The zero-order chi connectivity index (χ0) is 22.5. The van der Waals surface area contributed by atoms with E-state index in [1.165, 1.54) is 19.3 Å². The summed E-state index contributed by atoms with van der Waals surface area (Å²) >= 11 is 0. The van der Waals surface area contributed by atoms with Crippen LogP contribution in [-0.2, 0) is 4.79 Å². The lowest BCUT2D eigenvalue weighted by Crippen LogP contribution is -2.30. The van der Waals surface area contributed by atoms with Gasteiger partial charge in [-0.25, -0.2) is 0 Å². The predicted molar refractivity (Wildman–Crippen MR) is 127 cm³/mol. The van der Waals surface area contributed by atoms with Gasteiger partial charge in [0.2, 0.25) is 5.91 Å². The Morgan fingerprint density at radius 1 is 0.903 bits per heavy atom. The molecule has 0 saturated carbocycles. The zero-order valence-electron chi connectivity index (χ0n) is 18.9. The quantitative estimate of drug-likeness (QED) is 0.434. The fourth-order valence-electron chi connectivity index (χ4n) is 3.23. The number of rotatable bonds is 13. The Morgan fingerprint density at radius 3 is 2.39 bits per heavy atom. The minimum absolute atomic E-state index is 0.00962. The van der Waals surface area contributed by atoms with E-state index >= 15 is 0 Å². The molecule has 31 heavy (non-hydrogen) atoms. The summed E-state index contributed by atoms with van der Waals surface area (Å²) in [5.41, 5.74) is 2.04. The maximum absolute atomic E-state index is 12.5. The van der Waals surface area contributed by atoms with Gasteiger partial charge >= 0.3 is 0 Å². The molecule has 0 aliphatic heterocycles. The van der Waals surface area contributed by atoms with Gasteiger partial charge < -0.3 is 20.3 Å². The number of amides is 2. The van der Waals surface area contributed by atoms with E-state index in [2.05, 4.69) is 17.6 Å². The second kappa shape index (κ2) is 13.3. The van der Waals surface area contributed by atoms with Crippen molar-refractivity contribution in [3.05, 3.63) is 54.1 Å². The van der Waals surface area contributed by atoms with E-state index in [-0.39, 0.29) is 18.4 Å². The number of benzene rings is 2. The number of carbonyl (C=O) groups is 2. The summed E-state index contributed by atoms with van der Waals surface area (Å²) in [5, 5.41) is 5.97. The van der Waals surface area contributed by atoms with E-state index in [1.54, 1.807) is 17.0 Å². The molecule has 0 spiro atoms. The average Bonchev–Trinajstić information content (AvgIpc) is 2.79. The van der Waals surface area contributed by atoms with Crippen LogP contribution in [-0.4, -0.2) is 43.0 Å². The maximum atomic E-state index is 12.5. The molecule has 0 unspecified atom stereocenters. The van der Waals surface area contributed by atoms with E-state index < -0.39 is 0 Å². The van der Waals surface area contributed by atoms with Crippen LogP contribution in [0.1, 0.15) is 56.8 Å². The number of nitrogens with one attached hydrogen (secondary N) is 2. The Balaban J connectivity index is 1.85. The molecule has 0 aliphatic carbocycles. The Bertz CT molecular complexity index is 834. The van der Waals surface area contributed by atoms with Crippen molar-refractivity contribution in [1.82, 2.24) is 4.90 Å². The summed E-state index contributed by atoms with van der Waals surface area (Å²) in [6, 6.07) is 14.7. The van der Waals surface area contributed by atoms with Crippen molar-refractivity contribution in [3.8, 4) is 5.75 Å². The van der Waals surface area contributed by atoms with Gasteiger partial charge in [-0.05, 0) is 50.6 Å². The average molecular weight is 426 g/mol. The minimum Gasteiger partial charge on any atom is -0.494 e. The third-order valence-electron chi connectivity index (χ3n) is 5.00. The highest BCUT2D eigenvalue weighted by Crippen LogP contribution is 2.18. The van der Waals surface area contributed by atoms with E-state index in [9.17, 15) is 9.59 Å². The molecule has 6 nitrogen and oxygen atoms in total. The molecule has 2 N–H and O–H groups in total. The van der Waals surface area contributed by atoms with Crippen molar-refractivity contribution in [2.24, 2.45) is 0 Å². The Labute approximate surface area is 186 Å². The van der Waals surface area contributed by atoms with Crippen molar-refractivity contribution in [1.29, 1.82) is 0 Å². The van der Waals surface area contributed by atoms with E-state index in [0.29, 0.717) is 30.9 Å². The summed E-state index contributed by atoms with van der Waals surface area (Å²) in [4.78, 5) is 26.6. The second-order valence-electron chi connectivity index (χ2n) is 7.40. The number of hydrogen-bond acceptors (Lipinski definition) is 4. The summed E-state index contributed by atoms with van der Waals surface area (Å²) in [5.74, 6) is 0.579. The molecule has 2 aromatic rings. The Kier molecular flexibility index (Phi) is 10.4. The normalized spacial score (nSPS) is 10.4. The standard InChI is InChI=1S/C25H35N3O3/c1-4-7-8-9-16-31-23-15-11-14-22(18-23)27-24(29)19-26-21-13-10-12-20(17-21)25(30)28(5-2)6-3/h10-15,17-18,26H,4-9,16,19H2,1-3H3,(H,27,29). The highest BCUT2D eigenvalue weighted by molar-refractivity contribution is 5.96. The molecule has 0 atom stereocenters. The fraction of sp³-hybridized carbons (Fsp3) is 0.440. The summed E-state index contributed by atoms with van der Waals surface area (Å²) in [6.45, 7) is 8.21. The molecule has 2 rings (SSSR count). The first-order valence-corrected chi connectivity index (χ1v) is 11.2. The fourth-order valence-corrected chi connectivity index (χ4v) is 3.23. The smallest absolute Gasteiger partial charge is 0.253 e. The van der Waals surface area contributed by atoms with Gasteiger partial charge in [-0.15, -0.1) is 0 Å². The molecule has 0 bridgehead atoms. The monoisotopic (exact) mass is 425 g/mol. The highest BCUT2D eigenvalue weighted by Gasteiger charge is 2.13. The molecule has 0 aliphatic rings. The maximum Gasteiger partial charge on any atom is 0.253 e. The Morgan fingerprint density at radius 2 is 1.65 bits per heavy atom. The molecule has 168 valence electrons. The first-order chi connectivity index (χ1) is 15.1. The van der Waals surface area contributed by atoms with Gasteiger partial charge in [-0.1, -0.05) is 38.3 Å². The molecule has 2 amide bonds. The van der Waals surface area contributed by atoms with Crippen LogP contribution in [0.4, 0.5) is 11.4 Å². The number of carbonyl (C=O) groups excluding carboxylic acids is 2. The molecule has 0 fully saturated rings. The lowest BCUT2D eigenvalue weighted by molar-refractivity contribution is -0.114. The first-order valence-electron chi connectivity index (χ1n) is 11.2. The lowest BCUT2D eigenvalue weighted by atomic mass is 10.1. The van der Waals surface area contributed by atoms with Gasteiger partial charge in [0.05, 0.1) is 13.2 Å². The van der Waals surface area contributed by atoms with Gasteiger partial charge in [0.25, 0.3) is 5.91 Å². The van der Waals surface area contributed by atoms with Crippen molar-refractivity contribution < 1.29 is 14.3 Å². The minimum atomic E-state index is -0.166. The van der Waals surface area contributed by atoms with E-state index in [1.807, 2.05) is 50.2 Å². The van der Waals surface area contributed by atoms with Crippen LogP contribution in [0.3, 0.4) is 0 Å². The molecule has 0 aromatic heterocycles. The van der Waals surface area contributed by atoms with Crippen molar-refractivity contribution >= 4 is 23.2 Å². The molecule has 2 aromatic carbocycles. The molecule has 0 heterocycles. The van der Waals surface area contributed by atoms with Crippen LogP contribution in [0.15, 0.2) is 48.5 Å². The van der Waals surface area contributed by atoms with Crippen LogP contribution < -0.4 is 15.4 Å². The largest absolute Gasteiger partial charge is 0.494 e. The third kappa shape index (κ3) is 8.32. The van der Waals surface area contributed by atoms with Gasteiger partial charge in [0, 0.05) is 36.1 Å². The number of hydrogen-bond donors (Lipinski definition) is 2. The number of ether oxygens (including phenoxy) is 1. The van der Waals surface area contributed by atoms with Crippen molar-refractivity contribution in [3.63, 3.8) is 0 Å². The van der Waals surface area contributed by atoms with Crippen LogP contribution in [0.25, 0.3) is 0 Å². The van der Waals surface area contributed by atoms with Gasteiger partial charge in [0.15, 0.2) is 0 Å². The van der Waals surface area contributed by atoms with Crippen LogP contribution in [0.5, 0.6) is 5.75 Å². The van der Waals surface area contributed by atoms with Crippen LogP contribution in [0.2, 0.25) is 0 Å². The lowest BCUT2D eigenvalue weighted by Gasteiger charge is -2.19. The Hall–Kier alpha value is -3.02. The molecule has 0 radical (unpaired) electrons. The topological polar surface area (TPSA) is 70.7 Å². The number of nitrogens with zero attached hydrogens (tertiary/aromatic N) is 1. The van der Waals surface area contributed by atoms with Crippen molar-refractivity contribution in [2.75, 3.05) is 36.9 Å². The number of anilines is 2. The number of unbranched alkanes of at least 4 members (excludes halogenated alkanes) is 3. The van der Waals surface area contributed by atoms with E-state index in [4.69, 9.17) is 4.74 Å². The van der Waals surface area contributed by atoms with E-state index in [0.717, 1.165) is 17.9 Å². The molecular formula is C25H35N3O3. The van der Waals surface area contributed by atoms with Gasteiger partial charge in [0.1, 0.15) is 5.75 Å². The third-order valence-corrected chi connectivity index (χ3v) is 5.00.